The van der Waals surface area contributed by atoms with Crippen molar-refractivity contribution in [2.75, 3.05) is 7.11 Å². The lowest BCUT2D eigenvalue weighted by Crippen LogP contribution is -2.15. The summed E-state index contributed by atoms with van der Waals surface area (Å²) < 4.78 is 6.72. The zero-order chi connectivity index (χ0) is 20.5. The fourth-order valence-electron chi connectivity index (χ4n) is 3.27. The standard InChI is InChI=1S/C21H21N5O2S/c1-12-9-13(2)23-21(22-12)29-11-16-10-18(27)26-20(24-16)19(14(3)25-26)15-5-7-17(28-4)8-6-15/h5-10,25H,11H2,1-4H3. The largest absolute Gasteiger partial charge is 0.497 e. The van der Waals surface area contributed by atoms with Crippen LogP contribution >= 0.6 is 11.8 Å². The predicted octanol–water partition coefficient (Wildman–Crippen LogP) is 3.71. The Balaban J connectivity index is 1.72. The molecule has 3 heterocycles. The summed E-state index contributed by atoms with van der Waals surface area (Å²) in [5, 5.41) is 3.80. The summed E-state index contributed by atoms with van der Waals surface area (Å²) in [7, 11) is 1.64. The number of thioether (sulfide) groups is 1. The monoisotopic (exact) mass is 407 g/mol. The van der Waals surface area contributed by atoms with E-state index in [1.165, 1.54) is 16.3 Å². The van der Waals surface area contributed by atoms with Crippen LogP contribution in [-0.4, -0.2) is 31.7 Å². The molecule has 0 unspecified atom stereocenters. The number of rotatable bonds is 5. The summed E-state index contributed by atoms with van der Waals surface area (Å²) in [5.74, 6) is 1.29. The number of methoxy groups -OCH3 is 1. The van der Waals surface area contributed by atoms with Gasteiger partial charge in [-0.05, 0) is 44.5 Å². The minimum absolute atomic E-state index is 0.144. The fraction of sp³-hybridized carbons (Fsp3) is 0.238. The third-order valence-electron chi connectivity index (χ3n) is 4.54. The topological polar surface area (TPSA) is 85.2 Å². The Bertz CT molecular complexity index is 1220. The second kappa shape index (κ2) is 7.71. The van der Waals surface area contributed by atoms with Crippen LogP contribution in [0.3, 0.4) is 0 Å². The Morgan fingerprint density at radius 3 is 2.38 bits per heavy atom. The maximum absolute atomic E-state index is 12.6. The molecule has 0 spiro atoms. The zero-order valence-electron chi connectivity index (χ0n) is 16.7. The molecule has 1 N–H and O–H groups in total. The van der Waals surface area contributed by atoms with Gasteiger partial charge >= 0.3 is 0 Å². The van der Waals surface area contributed by atoms with Gasteiger partial charge in [-0.1, -0.05) is 23.9 Å². The van der Waals surface area contributed by atoms with E-state index in [1.807, 2.05) is 51.1 Å². The van der Waals surface area contributed by atoms with E-state index in [4.69, 9.17) is 9.72 Å². The SMILES string of the molecule is COc1ccc(-c2c(C)[nH]n3c(=O)cc(CSc4nc(C)cc(C)n4)nc23)cc1. The maximum atomic E-state index is 12.6. The van der Waals surface area contributed by atoms with E-state index >= 15 is 0 Å². The van der Waals surface area contributed by atoms with Gasteiger partial charge in [0.15, 0.2) is 10.8 Å². The molecular formula is C21H21N5O2S. The number of aromatic nitrogens is 5. The summed E-state index contributed by atoms with van der Waals surface area (Å²) in [5.41, 5.74) is 5.75. The van der Waals surface area contributed by atoms with Crippen LogP contribution in [0.4, 0.5) is 0 Å². The maximum Gasteiger partial charge on any atom is 0.272 e. The van der Waals surface area contributed by atoms with Gasteiger partial charge in [0.05, 0.1) is 12.8 Å². The Morgan fingerprint density at radius 1 is 1.03 bits per heavy atom. The Labute approximate surface area is 172 Å². The first kappa shape index (κ1) is 19.2. The van der Waals surface area contributed by atoms with E-state index in [-0.39, 0.29) is 5.56 Å². The molecule has 0 fully saturated rings. The molecule has 4 aromatic rings. The number of benzene rings is 1. The normalized spacial score (nSPS) is 11.2. The second-order valence-corrected chi connectivity index (χ2v) is 7.75. The third-order valence-corrected chi connectivity index (χ3v) is 5.42. The van der Waals surface area contributed by atoms with Gasteiger partial charge in [0.25, 0.3) is 5.56 Å². The van der Waals surface area contributed by atoms with E-state index in [0.29, 0.717) is 22.3 Å². The smallest absolute Gasteiger partial charge is 0.272 e. The summed E-state index contributed by atoms with van der Waals surface area (Å²) >= 11 is 1.47. The molecule has 4 rings (SSSR count). The Morgan fingerprint density at radius 2 is 1.72 bits per heavy atom. The van der Waals surface area contributed by atoms with Gasteiger partial charge in [-0.25, -0.2) is 19.5 Å². The zero-order valence-corrected chi connectivity index (χ0v) is 17.5. The first-order chi connectivity index (χ1) is 13.9. The lowest BCUT2D eigenvalue weighted by Gasteiger charge is -2.05. The van der Waals surface area contributed by atoms with Crippen molar-refractivity contribution in [2.24, 2.45) is 0 Å². The molecule has 3 aromatic heterocycles. The lowest BCUT2D eigenvalue weighted by atomic mass is 10.1. The van der Waals surface area contributed by atoms with Crippen LogP contribution in [0.15, 0.2) is 46.3 Å². The van der Waals surface area contributed by atoms with Gasteiger partial charge in [0, 0.05) is 34.5 Å². The van der Waals surface area contributed by atoms with Crippen LogP contribution < -0.4 is 10.3 Å². The molecule has 0 saturated carbocycles. The summed E-state index contributed by atoms with van der Waals surface area (Å²) in [6.07, 6.45) is 0. The molecule has 0 aliphatic carbocycles. The van der Waals surface area contributed by atoms with Gasteiger partial charge in [-0.2, -0.15) is 0 Å². The van der Waals surface area contributed by atoms with Crippen molar-refractivity contribution in [2.45, 2.75) is 31.7 Å². The highest BCUT2D eigenvalue weighted by molar-refractivity contribution is 7.98. The molecule has 0 aliphatic rings. The predicted molar refractivity (Wildman–Crippen MR) is 114 cm³/mol. The molecular weight excluding hydrogens is 386 g/mol. The van der Waals surface area contributed by atoms with Crippen molar-refractivity contribution in [3.05, 3.63) is 69.5 Å². The number of aryl methyl sites for hydroxylation is 3. The molecule has 1 aromatic carbocycles. The average Bonchev–Trinajstić information content (AvgIpc) is 3.02. The van der Waals surface area contributed by atoms with Crippen LogP contribution in [0, 0.1) is 20.8 Å². The molecule has 0 saturated heterocycles. The van der Waals surface area contributed by atoms with Gasteiger partial charge in [0.2, 0.25) is 0 Å². The number of hydrogen-bond acceptors (Lipinski definition) is 6. The molecule has 0 atom stereocenters. The van der Waals surface area contributed by atoms with Crippen molar-refractivity contribution in [1.82, 2.24) is 24.6 Å². The minimum Gasteiger partial charge on any atom is -0.497 e. The minimum atomic E-state index is -0.144. The van der Waals surface area contributed by atoms with Crippen LogP contribution in [0.5, 0.6) is 5.75 Å². The average molecular weight is 407 g/mol. The van der Waals surface area contributed by atoms with Gasteiger partial charge in [-0.15, -0.1) is 0 Å². The number of fused-ring (bicyclic) bond motifs is 1. The number of ether oxygens (including phenoxy) is 1. The van der Waals surface area contributed by atoms with Crippen LogP contribution in [0.1, 0.15) is 22.8 Å². The van der Waals surface area contributed by atoms with E-state index in [2.05, 4.69) is 15.1 Å². The van der Waals surface area contributed by atoms with E-state index < -0.39 is 0 Å². The molecule has 0 aliphatic heterocycles. The van der Waals surface area contributed by atoms with Gasteiger partial charge in [-0.3, -0.25) is 9.89 Å². The number of nitrogens with one attached hydrogen (secondary N) is 1. The van der Waals surface area contributed by atoms with Crippen molar-refractivity contribution in [1.29, 1.82) is 0 Å². The highest BCUT2D eigenvalue weighted by atomic mass is 32.2. The molecule has 29 heavy (non-hydrogen) atoms. The van der Waals surface area contributed by atoms with Crippen LogP contribution in [-0.2, 0) is 5.75 Å². The Kier molecular flexibility index (Phi) is 5.10. The molecule has 0 bridgehead atoms. The van der Waals surface area contributed by atoms with Crippen molar-refractivity contribution >= 4 is 17.4 Å². The second-order valence-electron chi connectivity index (χ2n) is 6.81. The number of aromatic amines is 1. The molecule has 8 heteroatoms. The molecule has 7 nitrogen and oxygen atoms in total. The third kappa shape index (κ3) is 3.88. The first-order valence-electron chi connectivity index (χ1n) is 9.15. The van der Waals surface area contributed by atoms with Crippen molar-refractivity contribution in [3.63, 3.8) is 0 Å². The lowest BCUT2D eigenvalue weighted by molar-refractivity contribution is 0.415. The fourth-order valence-corrected chi connectivity index (χ4v) is 4.11. The van der Waals surface area contributed by atoms with E-state index in [9.17, 15) is 4.79 Å². The van der Waals surface area contributed by atoms with E-state index in [0.717, 1.165) is 34.0 Å². The summed E-state index contributed by atoms with van der Waals surface area (Å²) in [6.45, 7) is 5.82. The molecule has 148 valence electrons. The van der Waals surface area contributed by atoms with Gasteiger partial charge in [0.1, 0.15) is 5.75 Å². The van der Waals surface area contributed by atoms with E-state index in [1.54, 1.807) is 13.2 Å². The van der Waals surface area contributed by atoms with Crippen LogP contribution in [0.2, 0.25) is 0 Å². The molecule has 0 radical (unpaired) electrons. The summed E-state index contributed by atoms with van der Waals surface area (Å²) in [6, 6.07) is 11.2. The van der Waals surface area contributed by atoms with Crippen LogP contribution in [0.25, 0.3) is 16.8 Å². The quantitative estimate of drug-likeness (QED) is 0.401. The number of hydrogen-bond donors (Lipinski definition) is 1. The first-order valence-corrected chi connectivity index (χ1v) is 10.1. The number of H-pyrrole nitrogens is 1. The van der Waals surface area contributed by atoms with Crippen molar-refractivity contribution in [3.8, 4) is 16.9 Å². The Hall–Kier alpha value is -3.13. The number of nitrogens with zero attached hydrogens (tertiary/aromatic N) is 4. The highest BCUT2D eigenvalue weighted by Crippen LogP contribution is 2.28. The highest BCUT2D eigenvalue weighted by Gasteiger charge is 2.15. The van der Waals surface area contributed by atoms with Crippen molar-refractivity contribution < 1.29 is 4.74 Å². The summed E-state index contributed by atoms with van der Waals surface area (Å²) in [4.78, 5) is 26.3. The van der Waals surface area contributed by atoms with Gasteiger partial charge < -0.3 is 4.74 Å². The molecule has 0 amide bonds.